The zero-order valence-electron chi connectivity index (χ0n) is 25.2. The zero-order valence-corrected chi connectivity index (χ0v) is 25.2. The van der Waals surface area contributed by atoms with Crippen LogP contribution in [0.25, 0.3) is 0 Å². The Labute approximate surface area is 236 Å². The molecule has 2 unspecified atom stereocenters. The van der Waals surface area contributed by atoms with E-state index in [0.29, 0.717) is 25.2 Å². The predicted octanol–water partition coefficient (Wildman–Crippen LogP) is 5.44. The maximum Gasteiger partial charge on any atom is 0.237 e. The van der Waals surface area contributed by atoms with Gasteiger partial charge in [-0.15, -0.1) is 0 Å². The molecule has 6 nitrogen and oxygen atoms in total. The highest BCUT2D eigenvalue weighted by atomic mass is 16.7. The Hall–Kier alpha value is -2.49. The quantitative estimate of drug-likeness (QED) is 0.295. The van der Waals surface area contributed by atoms with Crippen LogP contribution in [0.5, 0.6) is 11.5 Å². The number of ether oxygens (including phenoxy) is 2. The van der Waals surface area contributed by atoms with Crippen LogP contribution in [-0.2, 0) is 4.79 Å². The normalized spacial score (nSPS) is 25.2. The van der Waals surface area contributed by atoms with E-state index in [2.05, 4.69) is 81.8 Å². The van der Waals surface area contributed by atoms with Gasteiger partial charge < -0.3 is 18.9 Å². The number of nitrogens with zero attached hydrogens (tertiary/aromatic N) is 3. The Balaban J connectivity index is 1.52. The molecule has 214 valence electrons. The Morgan fingerprint density at radius 2 is 1.95 bits per heavy atom. The van der Waals surface area contributed by atoms with Crippen LogP contribution in [-0.4, -0.2) is 86.4 Å². The molecule has 3 atom stereocenters. The number of carbonyl (C=O) groups excluding carboxylic acids is 1. The Kier molecular flexibility index (Phi) is 9.67. The van der Waals surface area contributed by atoms with Crippen molar-refractivity contribution in [3.63, 3.8) is 0 Å². The lowest BCUT2D eigenvalue weighted by Gasteiger charge is -2.41. The number of amides is 1. The van der Waals surface area contributed by atoms with E-state index in [0.717, 1.165) is 74.3 Å². The number of likely N-dealkylation sites (tertiary alicyclic amines) is 1. The minimum absolute atomic E-state index is 0.213. The maximum absolute atomic E-state index is 14.1. The van der Waals surface area contributed by atoms with Gasteiger partial charge in [-0.2, -0.15) is 0 Å². The van der Waals surface area contributed by atoms with Crippen LogP contribution in [0.15, 0.2) is 29.8 Å². The van der Waals surface area contributed by atoms with Crippen LogP contribution >= 0.6 is 0 Å². The number of unbranched alkanes of at least 4 members (excludes halogenated alkanes) is 1. The van der Waals surface area contributed by atoms with E-state index in [1.165, 1.54) is 24.0 Å². The summed E-state index contributed by atoms with van der Waals surface area (Å²) < 4.78 is 12.1. The third-order valence-corrected chi connectivity index (χ3v) is 8.56. The number of likely N-dealkylation sites (N-methyl/N-ethyl adjacent to an activating group) is 1. The fraction of sp³-hybridized carbons (Fsp3) is 0.667. The van der Waals surface area contributed by atoms with Gasteiger partial charge in [0, 0.05) is 19.5 Å². The van der Waals surface area contributed by atoms with Crippen molar-refractivity contribution >= 4 is 5.91 Å². The molecule has 0 saturated carbocycles. The van der Waals surface area contributed by atoms with Crippen molar-refractivity contribution in [1.82, 2.24) is 9.80 Å². The molecule has 0 spiro atoms. The molecule has 6 heteroatoms. The largest absolute Gasteiger partial charge is 0.454 e. The fourth-order valence-corrected chi connectivity index (χ4v) is 6.38. The summed E-state index contributed by atoms with van der Waals surface area (Å²) in [5.41, 5.74) is 2.16. The first-order valence-electron chi connectivity index (χ1n) is 15.0. The van der Waals surface area contributed by atoms with E-state index in [4.69, 9.17) is 9.47 Å². The van der Waals surface area contributed by atoms with Crippen molar-refractivity contribution < 1.29 is 18.8 Å². The second-order valence-corrected chi connectivity index (χ2v) is 13.1. The molecule has 0 bridgehead atoms. The van der Waals surface area contributed by atoms with Gasteiger partial charge in [0.25, 0.3) is 0 Å². The van der Waals surface area contributed by atoms with Crippen molar-refractivity contribution in [2.75, 3.05) is 60.7 Å². The highest BCUT2D eigenvalue weighted by Gasteiger charge is 2.37. The minimum atomic E-state index is -0.461. The summed E-state index contributed by atoms with van der Waals surface area (Å²) in [6.45, 7) is 11.0. The van der Waals surface area contributed by atoms with Gasteiger partial charge in [0.1, 0.15) is 12.1 Å². The summed E-state index contributed by atoms with van der Waals surface area (Å²) >= 11 is 0. The van der Waals surface area contributed by atoms with Crippen LogP contribution in [0.3, 0.4) is 0 Å². The topological polar surface area (TPSA) is 42.0 Å². The monoisotopic (exact) mass is 536 g/mol. The molecular weight excluding hydrogens is 486 g/mol. The molecule has 1 fully saturated rings. The number of hydrogen-bond donors (Lipinski definition) is 0. The summed E-state index contributed by atoms with van der Waals surface area (Å²) in [5, 5.41) is 0. The fourth-order valence-electron chi connectivity index (χ4n) is 6.38. The number of quaternary nitrogens is 1. The summed E-state index contributed by atoms with van der Waals surface area (Å²) in [7, 11) is 6.63. The molecule has 3 aliphatic rings. The van der Waals surface area contributed by atoms with Crippen LogP contribution in [0, 0.1) is 17.8 Å². The SMILES string of the molecule is CCCCN(C(=O)CN1CCC(CC)CC[C@@H](c2ccc3c(c2)OCO3)C1)C1(C)C#CC=C(C[N+](C)(C)C)C1. The van der Waals surface area contributed by atoms with Gasteiger partial charge in [0.15, 0.2) is 11.5 Å². The Morgan fingerprint density at radius 1 is 1.15 bits per heavy atom. The van der Waals surface area contributed by atoms with Crippen LogP contribution in [0.4, 0.5) is 0 Å². The smallest absolute Gasteiger partial charge is 0.237 e. The summed E-state index contributed by atoms with van der Waals surface area (Å²) in [4.78, 5) is 18.6. The number of rotatable bonds is 10. The van der Waals surface area contributed by atoms with Gasteiger partial charge in [-0.05, 0) is 80.3 Å². The third kappa shape index (κ3) is 7.80. The van der Waals surface area contributed by atoms with Crippen molar-refractivity contribution in [2.45, 2.75) is 77.2 Å². The van der Waals surface area contributed by atoms with E-state index in [-0.39, 0.29) is 5.91 Å². The lowest BCUT2D eigenvalue weighted by Crippen LogP contribution is -2.54. The van der Waals surface area contributed by atoms with Gasteiger partial charge in [0.2, 0.25) is 12.7 Å². The van der Waals surface area contributed by atoms with Gasteiger partial charge in [-0.25, -0.2) is 0 Å². The molecule has 0 radical (unpaired) electrons. The van der Waals surface area contributed by atoms with Crippen LogP contribution < -0.4 is 9.47 Å². The summed E-state index contributed by atoms with van der Waals surface area (Å²) in [6.07, 6.45) is 9.65. The number of fused-ring (bicyclic) bond motifs is 1. The van der Waals surface area contributed by atoms with Crippen molar-refractivity contribution in [3.8, 4) is 23.3 Å². The first kappa shape index (κ1) is 29.5. The summed E-state index contributed by atoms with van der Waals surface area (Å²) in [5.74, 6) is 9.71. The molecule has 1 amide bonds. The third-order valence-electron chi connectivity index (χ3n) is 8.56. The van der Waals surface area contributed by atoms with Gasteiger partial charge in [0.05, 0.1) is 27.7 Å². The number of allylic oxidation sites excluding steroid dienone is 1. The highest BCUT2D eigenvalue weighted by molar-refractivity contribution is 5.80. The van der Waals surface area contributed by atoms with E-state index in [1.807, 2.05) is 6.07 Å². The molecule has 1 aliphatic carbocycles. The molecule has 4 rings (SSSR count). The van der Waals surface area contributed by atoms with E-state index in [9.17, 15) is 4.79 Å². The Bertz CT molecular complexity index is 1100. The maximum atomic E-state index is 14.1. The highest BCUT2D eigenvalue weighted by Crippen LogP contribution is 2.37. The number of hydrogen-bond acceptors (Lipinski definition) is 4. The lowest BCUT2D eigenvalue weighted by atomic mass is 9.85. The molecule has 39 heavy (non-hydrogen) atoms. The molecule has 1 saturated heterocycles. The molecular formula is C33H50N3O3+. The molecule has 1 aromatic rings. The summed E-state index contributed by atoms with van der Waals surface area (Å²) in [6, 6.07) is 6.39. The predicted molar refractivity (Wildman–Crippen MR) is 158 cm³/mol. The first-order chi connectivity index (χ1) is 18.6. The molecule has 1 aromatic carbocycles. The average molecular weight is 537 g/mol. The van der Waals surface area contributed by atoms with Gasteiger partial charge in [-0.3, -0.25) is 9.69 Å². The minimum Gasteiger partial charge on any atom is -0.454 e. The van der Waals surface area contributed by atoms with E-state index >= 15 is 0 Å². The van der Waals surface area contributed by atoms with Gasteiger partial charge in [-0.1, -0.05) is 44.6 Å². The Morgan fingerprint density at radius 3 is 2.69 bits per heavy atom. The van der Waals surface area contributed by atoms with Crippen molar-refractivity contribution in [1.29, 1.82) is 0 Å². The van der Waals surface area contributed by atoms with Crippen molar-refractivity contribution in [2.24, 2.45) is 5.92 Å². The van der Waals surface area contributed by atoms with Gasteiger partial charge >= 0.3 is 0 Å². The second kappa shape index (κ2) is 12.8. The first-order valence-corrected chi connectivity index (χ1v) is 15.0. The zero-order chi connectivity index (χ0) is 28.0. The molecule has 0 N–H and O–H groups in total. The molecule has 2 aliphatic heterocycles. The standard InChI is InChI=1S/C33H50N3O3/c1-7-9-18-35(33(3)17-10-11-27(21-33)24-36(4,5)6)32(37)23-34-19-16-26(8-2)12-13-29(22-34)28-14-15-30-31(20-28)39-25-38-30/h11,14-15,20,26,29H,7-9,12-13,16,18-19,21-25H2,1-6H3/q+1/t26?,29-,33?/m1/s1. The second-order valence-electron chi connectivity index (χ2n) is 13.1. The number of carbonyl (C=O) groups is 1. The van der Waals surface area contributed by atoms with Crippen molar-refractivity contribution in [3.05, 3.63) is 35.4 Å². The number of benzene rings is 1. The van der Waals surface area contributed by atoms with E-state index < -0.39 is 5.54 Å². The van der Waals surface area contributed by atoms with E-state index in [1.54, 1.807) is 0 Å². The molecule has 0 aromatic heterocycles. The lowest BCUT2D eigenvalue weighted by molar-refractivity contribution is -0.865. The molecule has 2 heterocycles. The van der Waals surface area contributed by atoms with Crippen LogP contribution in [0.1, 0.15) is 77.2 Å². The average Bonchev–Trinajstić information content (AvgIpc) is 3.33. The van der Waals surface area contributed by atoms with Crippen LogP contribution in [0.2, 0.25) is 0 Å².